The molecular formula is C36H50N7O10P. The van der Waals surface area contributed by atoms with Crippen LogP contribution < -0.4 is 21.1 Å². The third kappa shape index (κ3) is 10.5. The second kappa shape index (κ2) is 18.6. The average Bonchev–Trinajstić information content (AvgIpc) is 3.59. The van der Waals surface area contributed by atoms with Crippen LogP contribution in [0.5, 0.6) is 5.75 Å². The first-order valence-corrected chi connectivity index (χ1v) is 19.3. The van der Waals surface area contributed by atoms with E-state index in [1.807, 2.05) is 6.07 Å². The van der Waals surface area contributed by atoms with Gasteiger partial charge in [-0.2, -0.15) is 15.4 Å². The van der Waals surface area contributed by atoms with Crippen LogP contribution in [0.1, 0.15) is 72.1 Å². The molecule has 0 spiro atoms. The van der Waals surface area contributed by atoms with E-state index < -0.39 is 67.9 Å². The summed E-state index contributed by atoms with van der Waals surface area (Å²) in [6.07, 6.45) is 1.15. The van der Waals surface area contributed by atoms with E-state index in [4.69, 9.17) is 39.5 Å². The molecule has 0 saturated heterocycles. The predicted octanol–water partition coefficient (Wildman–Crippen LogP) is 4.27. The number of benzene rings is 1. The fourth-order valence-corrected chi connectivity index (χ4v) is 7.17. The van der Waals surface area contributed by atoms with E-state index >= 15 is 0 Å². The number of para-hydroxylation sites is 1. The number of nitrogens with zero attached hydrogens (tertiary/aromatic N) is 4. The van der Waals surface area contributed by atoms with Gasteiger partial charge in [-0.3, -0.25) is 18.9 Å². The molecule has 5 atom stereocenters. The number of hydrogen-bond acceptors (Lipinski definition) is 15. The summed E-state index contributed by atoms with van der Waals surface area (Å²) in [6, 6.07) is 12.0. The van der Waals surface area contributed by atoms with Crippen molar-refractivity contribution >= 4 is 37.0 Å². The number of nitriles is 1. The van der Waals surface area contributed by atoms with E-state index in [-0.39, 0.29) is 35.8 Å². The van der Waals surface area contributed by atoms with Gasteiger partial charge in [-0.15, -0.1) is 0 Å². The normalized spacial score (nSPS) is 19.9. The monoisotopic (exact) mass is 771 g/mol. The Labute approximate surface area is 314 Å². The lowest BCUT2D eigenvalue weighted by Gasteiger charge is -2.38. The Balaban J connectivity index is 1.72. The molecule has 1 saturated carbocycles. The highest BCUT2D eigenvalue weighted by molar-refractivity contribution is 7.52. The molecule has 0 radical (unpaired) electrons. The van der Waals surface area contributed by atoms with Gasteiger partial charge in [-0.25, -0.2) is 14.1 Å². The van der Waals surface area contributed by atoms with Gasteiger partial charge in [0, 0.05) is 13.2 Å². The molecule has 2 heterocycles. The number of ether oxygens (including phenoxy) is 4. The van der Waals surface area contributed by atoms with Crippen LogP contribution in [-0.4, -0.2) is 76.6 Å². The zero-order valence-electron chi connectivity index (χ0n) is 31.4. The highest BCUT2D eigenvalue weighted by Crippen LogP contribution is 2.47. The molecule has 1 unspecified atom stereocenters. The summed E-state index contributed by atoms with van der Waals surface area (Å²) in [6.45, 7) is 7.03. The first kappa shape index (κ1) is 42.2. The number of aromatic nitrogens is 3. The van der Waals surface area contributed by atoms with Gasteiger partial charge < -0.3 is 34.9 Å². The second-order valence-corrected chi connectivity index (χ2v) is 15.6. The minimum absolute atomic E-state index is 0.100. The molecule has 4 rings (SSSR count). The highest BCUT2D eigenvalue weighted by atomic mass is 31.2. The van der Waals surface area contributed by atoms with Crippen LogP contribution >= 0.6 is 7.75 Å². The van der Waals surface area contributed by atoms with Gasteiger partial charge in [0.1, 0.15) is 36.3 Å². The van der Waals surface area contributed by atoms with Crippen molar-refractivity contribution in [1.29, 1.82) is 5.26 Å². The Bertz CT molecular complexity index is 1830. The van der Waals surface area contributed by atoms with E-state index in [1.165, 1.54) is 36.0 Å². The molecule has 294 valence electrons. The number of carbonyl (C=O) groups excluding carboxylic acids is 3. The lowest BCUT2D eigenvalue weighted by Crippen LogP contribution is -2.54. The Morgan fingerprint density at radius 1 is 1.00 bits per heavy atom. The van der Waals surface area contributed by atoms with Gasteiger partial charge in [-0.05, 0) is 62.8 Å². The van der Waals surface area contributed by atoms with E-state index in [0.717, 1.165) is 32.8 Å². The summed E-state index contributed by atoms with van der Waals surface area (Å²) in [7, 11) is -3.45. The number of rotatable bonds is 18. The number of methoxy groups -OCH3 is 1. The number of carbonyl (C=O) groups is 3. The number of fused-ring (bicyclic) bond motifs is 1. The molecule has 1 fully saturated rings. The quantitative estimate of drug-likeness (QED) is 0.0929. The SMILES string of the molecule is CO[C@](C#N)(COP(=O)(N[C@@H](C)C(=O)OC[C@H]1CC[C@H](N)CC1)Oc1ccccc1)[C@@H](OC(=O)C(C)C)[C@@H](OC(=O)C(C)C)c1ccc2c(N)ncnn12. The van der Waals surface area contributed by atoms with Crippen molar-refractivity contribution in [1.82, 2.24) is 19.7 Å². The molecule has 2 aromatic heterocycles. The Morgan fingerprint density at radius 3 is 2.26 bits per heavy atom. The van der Waals surface area contributed by atoms with Gasteiger partial charge in [0.15, 0.2) is 18.0 Å². The summed E-state index contributed by atoms with van der Waals surface area (Å²) >= 11 is 0. The van der Waals surface area contributed by atoms with Gasteiger partial charge in [0.2, 0.25) is 5.60 Å². The topological polar surface area (TPSA) is 242 Å². The maximum absolute atomic E-state index is 14.6. The second-order valence-electron chi connectivity index (χ2n) is 13.9. The summed E-state index contributed by atoms with van der Waals surface area (Å²) in [5.74, 6) is -3.22. The summed E-state index contributed by atoms with van der Waals surface area (Å²) < 4.78 is 50.9. The standard InChI is InChI=1S/C36H50N7O10P/c1-22(2)33(44)51-30(28-16-17-29-32(39)40-21-41-43(28)29)31(52-34(45)23(3)4)36(19-37,48-6)20-50-54(47,53-27-10-8-7-9-11-27)42-24(5)35(46)49-18-25-12-14-26(38)15-13-25/h7-11,16-17,21-26,30-31H,12-15,18,20,38H2,1-6H3,(H,42,47)(H2,39,40,41)/t24-,25-,26-,30-,31-,36+,54?/m0/s1. The number of hydrogen-bond donors (Lipinski definition) is 3. The number of anilines is 1. The zero-order valence-corrected chi connectivity index (χ0v) is 32.3. The van der Waals surface area contributed by atoms with Crippen molar-refractivity contribution < 1.29 is 46.9 Å². The van der Waals surface area contributed by atoms with Crippen LogP contribution in [0.2, 0.25) is 0 Å². The molecule has 17 nitrogen and oxygen atoms in total. The number of esters is 3. The maximum Gasteiger partial charge on any atom is 0.459 e. The van der Waals surface area contributed by atoms with Crippen LogP contribution in [0.3, 0.4) is 0 Å². The average molecular weight is 772 g/mol. The van der Waals surface area contributed by atoms with Gasteiger partial charge >= 0.3 is 25.7 Å². The smallest absolute Gasteiger partial charge is 0.459 e. The highest BCUT2D eigenvalue weighted by Gasteiger charge is 2.53. The van der Waals surface area contributed by atoms with Crippen molar-refractivity contribution in [3.8, 4) is 11.8 Å². The van der Waals surface area contributed by atoms with Crippen molar-refractivity contribution in [3.05, 3.63) is 54.5 Å². The third-order valence-electron chi connectivity index (χ3n) is 9.00. The van der Waals surface area contributed by atoms with Gasteiger partial charge in [0.25, 0.3) is 0 Å². The van der Waals surface area contributed by atoms with Crippen LogP contribution in [0, 0.1) is 29.1 Å². The van der Waals surface area contributed by atoms with E-state index in [1.54, 1.807) is 52.0 Å². The lowest BCUT2D eigenvalue weighted by atomic mass is 9.87. The minimum Gasteiger partial charge on any atom is -0.464 e. The minimum atomic E-state index is -4.60. The predicted molar refractivity (Wildman–Crippen MR) is 195 cm³/mol. The summed E-state index contributed by atoms with van der Waals surface area (Å²) in [4.78, 5) is 43.7. The number of nitrogens with two attached hydrogens (primary N) is 2. The molecule has 1 aromatic carbocycles. The molecule has 0 amide bonds. The van der Waals surface area contributed by atoms with E-state index in [0.29, 0.717) is 5.52 Å². The zero-order chi connectivity index (χ0) is 39.6. The van der Waals surface area contributed by atoms with Gasteiger partial charge in [-0.1, -0.05) is 45.9 Å². The maximum atomic E-state index is 14.6. The van der Waals surface area contributed by atoms with Crippen LogP contribution in [0.15, 0.2) is 48.8 Å². The van der Waals surface area contributed by atoms with Crippen LogP contribution in [-0.2, 0) is 42.4 Å². The molecule has 1 aliphatic rings. The van der Waals surface area contributed by atoms with Crippen molar-refractivity contribution in [2.75, 3.05) is 26.1 Å². The molecule has 5 N–H and O–H groups in total. The Kier molecular flexibility index (Phi) is 14.5. The Hall–Kier alpha value is -4.59. The number of nitrogen functional groups attached to an aromatic ring is 1. The van der Waals surface area contributed by atoms with Gasteiger partial charge in [0.05, 0.1) is 24.1 Å². The van der Waals surface area contributed by atoms with E-state index in [2.05, 4.69) is 15.2 Å². The van der Waals surface area contributed by atoms with Crippen molar-refractivity contribution in [3.63, 3.8) is 0 Å². The molecule has 3 aromatic rings. The first-order chi connectivity index (χ1) is 25.6. The molecule has 1 aliphatic carbocycles. The van der Waals surface area contributed by atoms with Crippen LogP contribution in [0.4, 0.5) is 5.82 Å². The number of nitrogens with one attached hydrogen (secondary N) is 1. The largest absolute Gasteiger partial charge is 0.464 e. The molecule has 54 heavy (non-hydrogen) atoms. The first-order valence-electron chi connectivity index (χ1n) is 17.8. The summed E-state index contributed by atoms with van der Waals surface area (Å²) in [5, 5.41) is 17.7. The van der Waals surface area contributed by atoms with Crippen molar-refractivity contribution in [2.45, 2.75) is 90.2 Å². The third-order valence-corrected chi connectivity index (χ3v) is 10.6. The van der Waals surface area contributed by atoms with Crippen molar-refractivity contribution in [2.24, 2.45) is 23.5 Å². The van der Waals surface area contributed by atoms with Crippen LogP contribution in [0.25, 0.3) is 5.52 Å². The molecule has 0 aliphatic heterocycles. The lowest BCUT2D eigenvalue weighted by molar-refractivity contribution is -0.197. The fraction of sp³-hybridized carbons (Fsp3) is 0.556. The fourth-order valence-electron chi connectivity index (χ4n) is 5.65. The van der Waals surface area contributed by atoms with E-state index in [9.17, 15) is 24.2 Å². The molecular weight excluding hydrogens is 721 g/mol. The molecule has 0 bridgehead atoms. The summed E-state index contributed by atoms with van der Waals surface area (Å²) in [5.41, 5.74) is 10.2. The molecule has 18 heteroatoms. The Morgan fingerprint density at radius 2 is 1.65 bits per heavy atom.